The van der Waals surface area contributed by atoms with Gasteiger partial charge in [-0.1, -0.05) is 15.9 Å². The molecule has 0 aliphatic rings. The van der Waals surface area contributed by atoms with E-state index in [1.54, 1.807) is 13.2 Å². The van der Waals surface area contributed by atoms with Crippen LogP contribution < -0.4 is 5.32 Å². The molecule has 0 radical (unpaired) electrons. The Morgan fingerprint density at radius 2 is 1.88 bits per heavy atom. The van der Waals surface area contributed by atoms with Gasteiger partial charge in [0.2, 0.25) is 0 Å². The van der Waals surface area contributed by atoms with E-state index in [0.29, 0.717) is 11.3 Å². The van der Waals surface area contributed by atoms with E-state index in [9.17, 15) is 4.79 Å². The highest BCUT2D eigenvalue weighted by Crippen LogP contribution is 2.19. The van der Waals surface area contributed by atoms with Crippen molar-refractivity contribution in [1.29, 1.82) is 0 Å². The van der Waals surface area contributed by atoms with Crippen LogP contribution in [0.5, 0.6) is 0 Å². The molecule has 1 aromatic heterocycles. The van der Waals surface area contributed by atoms with Crippen LogP contribution in [0.4, 0.5) is 5.69 Å². The minimum atomic E-state index is -0.143. The van der Waals surface area contributed by atoms with Crippen LogP contribution in [0, 0.1) is 13.8 Å². The Morgan fingerprint density at radius 1 is 1.24 bits per heavy atom. The highest BCUT2D eigenvalue weighted by Gasteiger charge is 2.15. The molecule has 0 bridgehead atoms. The molecule has 1 N–H and O–H groups in total. The Labute approximate surface area is 108 Å². The molecule has 1 amide bonds. The summed E-state index contributed by atoms with van der Waals surface area (Å²) in [5, 5.41) is 2.83. The molecule has 88 valence electrons. The zero-order chi connectivity index (χ0) is 12.4. The fraction of sp³-hybridized carbons (Fsp3) is 0.154. The van der Waals surface area contributed by atoms with Gasteiger partial charge in [0.05, 0.1) is 11.8 Å². The summed E-state index contributed by atoms with van der Waals surface area (Å²) in [5.74, 6) is 0.494. The Hall–Kier alpha value is -1.55. The predicted octanol–water partition coefficient (Wildman–Crippen LogP) is 3.91. The van der Waals surface area contributed by atoms with Crippen molar-refractivity contribution >= 4 is 27.5 Å². The van der Waals surface area contributed by atoms with Gasteiger partial charge in [0, 0.05) is 15.7 Å². The molecule has 1 aromatic carbocycles. The van der Waals surface area contributed by atoms with Crippen molar-refractivity contribution in [3.8, 4) is 0 Å². The number of amides is 1. The van der Waals surface area contributed by atoms with E-state index in [0.717, 1.165) is 15.7 Å². The number of hydrogen-bond donors (Lipinski definition) is 1. The smallest absolute Gasteiger partial charge is 0.259 e. The monoisotopic (exact) mass is 293 g/mol. The van der Waals surface area contributed by atoms with E-state index < -0.39 is 0 Å². The number of carbonyl (C=O) groups excluding carboxylic acids is 1. The van der Waals surface area contributed by atoms with E-state index in [1.807, 2.05) is 31.2 Å². The van der Waals surface area contributed by atoms with Crippen LogP contribution in [0.1, 0.15) is 21.7 Å². The van der Waals surface area contributed by atoms with E-state index in [-0.39, 0.29) is 5.91 Å². The van der Waals surface area contributed by atoms with Crippen molar-refractivity contribution in [2.75, 3.05) is 5.32 Å². The zero-order valence-corrected chi connectivity index (χ0v) is 11.2. The molecule has 2 aromatic rings. The SMILES string of the molecule is Cc1coc(C)c1C(=O)Nc1ccc(Br)cc1. The number of halogens is 1. The first kappa shape index (κ1) is 11.9. The summed E-state index contributed by atoms with van der Waals surface area (Å²) >= 11 is 3.35. The predicted molar refractivity (Wildman–Crippen MR) is 70.3 cm³/mol. The van der Waals surface area contributed by atoms with E-state index in [2.05, 4.69) is 21.2 Å². The summed E-state index contributed by atoms with van der Waals surface area (Å²) in [6.45, 7) is 3.64. The fourth-order valence-electron chi connectivity index (χ4n) is 1.64. The number of nitrogens with one attached hydrogen (secondary N) is 1. The van der Waals surface area contributed by atoms with Crippen LogP contribution in [-0.2, 0) is 0 Å². The second-order valence-corrected chi connectivity index (χ2v) is 4.73. The van der Waals surface area contributed by atoms with Crippen LogP contribution in [0.2, 0.25) is 0 Å². The first-order valence-electron chi connectivity index (χ1n) is 5.19. The Morgan fingerprint density at radius 3 is 2.41 bits per heavy atom. The third-order valence-electron chi connectivity index (χ3n) is 2.49. The Bertz CT molecular complexity index is 524. The van der Waals surface area contributed by atoms with Gasteiger partial charge in [0.25, 0.3) is 5.91 Å². The van der Waals surface area contributed by atoms with Gasteiger partial charge in [0.1, 0.15) is 5.76 Å². The van der Waals surface area contributed by atoms with Crippen LogP contribution in [0.15, 0.2) is 39.4 Å². The van der Waals surface area contributed by atoms with E-state index in [1.165, 1.54) is 0 Å². The maximum Gasteiger partial charge on any atom is 0.259 e. The lowest BCUT2D eigenvalue weighted by Crippen LogP contribution is -2.13. The lowest BCUT2D eigenvalue weighted by molar-refractivity contribution is 0.102. The zero-order valence-electron chi connectivity index (χ0n) is 9.58. The van der Waals surface area contributed by atoms with Gasteiger partial charge in [-0.05, 0) is 38.1 Å². The van der Waals surface area contributed by atoms with Gasteiger partial charge in [-0.15, -0.1) is 0 Å². The van der Waals surface area contributed by atoms with Gasteiger partial charge < -0.3 is 9.73 Å². The Balaban J connectivity index is 2.20. The lowest BCUT2D eigenvalue weighted by Gasteiger charge is -2.05. The standard InChI is InChI=1S/C13H12BrNO2/c1-8-7-17-9(2)12(8)13(16)15-11-5-3-10(14)4-6-11/h3-7H,1-2H3,(H,15,16). The number of carbonyl (C=O) groups is 1. The quantitative estimate of drug-likeness (QED) is 0.912. The van der Waals surface area contributed by atoms with Crippen molar-refractivity contribution in [1.82, 2.24) is 0 Å². The van der Waals surface area contributed by atoms with Crippen molar-refractivity contribution in [2.24, 2.45) is 0 Å². The van der Waals surface area contributed by atoms with Gasteiger partial charge in [0.15, 0.2) is 0 Å². The summed E-state index contributed by atoms with van der Waals surface area (Å²) in [7, 11) is 0. The second kappa shape index (κ2) is 4.75. The number of anilines is 1. The number of rotatable bonds is 2. The van der Waals surface area contributed by atoms with Crippen LogP contribution in [0.25, 0.3) is 0 Å². The molecule has 0 aliphatic heterocycles. The molecular formula is C13H12BrNO2. The highest BCUT2D eigenvalue weighted by atomic mass is 79.9. The number of aryl methyl sites for hydroxylation is 2. The maximum absolute atomic E-state index is 12.0. The fourth-order valence-corrected chi connectivity index (χ4v) is 1.90. The normalized spacial score (nSPS) is 10.3. The summed E-state index contributed by atoms with van der Waals surface area (Å²) in [5.41, 5.74) is 2.21. The molecule has 1 heterocycles. The van der Waals surface area contributed by atoms with Crippen molar-refractivity contribution < 1.29 is 9.21 Å². The second-order valence-electron chi connectivity index (χ2n) is 3.81. The van der Waals surface area contributed by atoms with Gasteiger partial charge in [-0.25, -0.2) is 0 Å². The summed E-state index contributed by atoms with van der Waals surface area (Å²) in [6.07, 6.45) is 1.59. The first-order valence-corrected chi connectivity index (χ1v) is 5.99. The molecule has 2 rings (SSSR count). The molecule has 0 unspecified atom stereocenters. The third kappa shape index (κ3) is 2.58. The first-order chi connectivity index (χ1) is 8.08. The van der Waals surface area contributed by atoms with E-state index >= 15 is 0 Å². The van der Waals surface area contributed by atoms with Gasteiger partial charge in [-0.3, -0.25) is 4.79 Å². The molecule has 0 fully saturated rings. The summed E-state index contributed by atoms with van der Waals surface area (Å²) in [4.78, 5) is 12.0. The molecule has 0 saturated heterocycles. The van der Waals surface area contributed by atoms with Crippen molar-refractivity contribution in [3.63, 3.8) is 0 Å². The number of furan rings is 1. The molecule has 17 heavy (non-hydrogen) atoms. The Kier molecular flexibility index (Phi) is 3.33. The van der Waals surface area contributed by atoms with Crippen LogP contribution in [0.3, 0.4) is 0 Å². The van der Waals surface area contributed by atoms with Gasteiger partial charge >= 0.3 is 0 Å². The lowest BCUT2D eigenvalue weighted by atomic mass is 10.1. The highest BCUT2D eigenvalue weighted by molar-refractivity contribution is 9.10. The van der Waals surface area contributed by atoms with E-state index in [4.69, 9.17) is 4.42 Å². The summed E-state index contributed by atoms with van der Waals surface area (Å²) < 4.78 is 6.18. The summed E-state index contributed by atoms with van der Waals surface area (Å²) in [6, 6.07) is 7.44. The van der Waals surface area contributed by atoms with Crippen molar-refractivity contribution in [3.05, 3.63) is 51.9 Å². The molecule has 4 heteroatoms. The van der Waals surface area contributed by atoms with Crippen LogP contribution >= 0.6 is 15.9 Å². The average molecular weight is 294 g/mol. The average Bonchev–Trinajstić information content (AvgIpc) is 2.62. The third-order valence-corrected chi connectivity index (χ3v) is 3.02. The molecule has 3 nitrogen and oxygen atoms in total. The number of hydrogen-bond acceptors (Lipinski definition) is 2. The molecular weight excluding hydrogens is 282 g/mol. The minimum absolute atomic E-state index is 0.143. The van der Waals surface area contributed by atoms with Crippen molar-refractivity contribution in [2.45, 2.75) is 13.8 Å². The molecule has 0 saturated carbocycles. The molecule has 0 spiro atoms. The number of benzene rings is 1. The van der Waals surface area contributed by atoms with Crippen LogP contribution in [-0.4, -0.2) is 5.91 Å². The largest absolute Gasteiger partial charge is 0.469 e. The van der Waals surface area contributed by atoms with Gasteiger partial charge in [-0.2, -0.15) is 0 Å². The molecule has 0 aliphatic carbocycles. The maximum atomic E-state index is 12.0. The molecule has 0 atom stereocenters. The minimum Gasteiger partial charge on any atom is -0.469 e. The topological polar surface area (TPSA) is 42.2 Å².